The highest BCUT2D eigenvalue weighted by molar-refractivity contribution is 5.81. The van der Waals surface area contributed by atoms with E-state index in [-0.39, 0.29) is 5.91 Å². The molecule has 0 aliphatic heterocycles. The predicted molar refractivity (Wildman–Crippen MR) is 89.2 cm³/mol. The van der Waals surface area contributed by atoms with Gasteiger partial charge in [-0.05, 0) is 18.6 Å². The first kappa shape index (κ1) is 17.8. The summed E-state index contributed by atoms with van der Waals surface area (Å²) in [7, 11) is 1.70. The van der Waals surface area contributed by atoms with Crippen LogP contribution in [-0.4, -0.2) is 45.2 Å². The minimum absolute atomic E-state index is 0.0530. The lowest BCUT2D eigenvalue weighted by Gasteiger charge is -2.12. The second-order valence-electron chi connectivity index (χ2n) is 4.69. The highest BCUT2D eigenvalue weighted by Gasteiger charge is 2.01. The Bertz CT molecular complexity index is 449. The Labute approximate surface area is 132 Å². The van der Waals surface area contributed by atoms with Crippen LogP contribution in [0.3, 0.4) is 0 Å². The van der Waals surface area contributed by atoms with Crippen molar-refractivity contribution in [2.24, 2.45) is 4.99 Å². The molecule has 6 heteroatoms. The van der Waals surface area contributed by atoms with Crippen LogP contribution < -0.4 is 20.7 Å². The Kier molecular flexibility index (Phi) is 9.25. The summed E-state index contributed by atoms with van der Waals surface area (Å²) in [4.78, 5) is 15.6. The summed E-state index contributed by atoms with van der Waals surface area (Å²) in [6.45, 7) is 4.48. The molecule has 0 saturated carbocycles. The lowest BCUT2D eigenvalue weighted by atomic mass is 10.3. The molecule has 0 fully saturated rings. The van der Waals surface area contributed by atoms with E-state index < -0.39 is 0 Å². The summed E-state index contributed by atoms with van der Waals surface area (Å²) in [6.07, 6.45) is 1.38. The van der Waals surface area contributed by atoms with Gasteiger partial charge in [0.05, 0.1) is 6.54 Å². The molecule has 1 aromatic rings. The zero-order chi connectivity index (χ0) is 16.0. The molecule has 0 aliphatic rings. The molecular weight excluding hydrogens is 280 g/mol. The summed E-state index contributed by atoms with van der Waals surface area (Å²) in [5.41, 5.74) is 0. The summed E-state index contributed by atoms with van der Waals surface area (Å²) in [6, 6.07) is 9.66. The van der Waals surface area contributed by atoms with Gasteiger partial charge in [-0.2, -0.15) is 0 Å². The molecule has 0 bridgehead atoms. The van der Waals surface area contributed by atoms with Gasteiger partial charge in [0.1, 0.15) is 12.4 Å². The second kappa shape index (κ2) is 11.4. The monoisotopic (exact) mass is 306 g/mol. The fraction of sp³-hybridized carbons (Fsp3) is 0.500. The van der Waals surface area contributed by atoms with Crippen LogP contribution in [0.1, 0.15) is 19.8 Å². The van der Waals surface area contributed by atoms with Gasteiger partial charge < -0.3 is 20.7 Å². The van der Waals surface area contributed by atoms with Gasteiger partial charge in [0, 0.05) is 26.6 Å². The van der Waals surface area contributed by atoms with Crippen LogP contribution in [0, 0.1) is 0 Å². The highest BCUT2D eigenvalue weighted by atomic mass is 16.5. The molecule has 0 radical (unpaired) electrons. The smallest absolute Gasteiger partial charge is 0.221 e. The summed E-state index contributed by atoms with van der Waals surface area (Å²) < 4.78 is 5.58. The predicted octanol–water partition coefficient (Wildman–Crippen LogP) is 1.15. The Morgan fingerprint density at radius 1 is 1.09 bits per heavy atom. The van der Waals surface area contributed by atoms with Crippen LogP contribution >= 0.6 is 0 Å². The molecule has 1 aromatic carbocycles. The minimum atomic E-state index is 0.0530. The molecule has 0 spiro atoms. The number of hydrogen-bond donors (Lipinski definition) is 3. The molecule has 0 aromatic heterocycles. The number of ether oxygens (including phenoxy) is 1. The standard InChI is InChI=1S/C16H26N4O2/c1-3-10-18-15(21)9-11-19-16(17-2)20-12-13-22-14-7-5-4-6-8-14/h4-8H,3,9-13H2,1-2H3,(H,18,21)(H2,17,19,20). The van der Waals surface area contributed by atoms with Crippen LogP contribution in [0.25, 0.3) is 0 Å². The van der Waals surface area contributed by atoms with Gasteiger partial charge in [0.25, 0.3) is 0 Å². The van der Waals surface area contributed by atoms with Crippen molar-refractivity contribution in [2.75, 3.05) is 33.3 Å². The zero-order valence-corrected chi connectivity index (χ0v) is 13.4. The van der Waals surface area contributed by atoms with Gasteiger partial charge in [-0.15, -0.1) is 0 Å². The number of nitrogens with zero attached hydrogens (tertiary/aromatic N) is 1. The topological polar surface area (TPSA) is 74.8 Å². The summed E-state index contributed by atoms with van der Waals surface area (Å²) in [5, 5.41) is 9.07. The Morgan fingerprint density at radius 2 is 1.82 bits per heavy atom. The van der Waals surface area contributed by atoms with E-state index in [0.29, 0.717) is 32.1 Å². The van der Waals surface area contributed by atoms with Crippen LogP contribution in [0.15, 0.2) is 35.3 Å². The Hall–Kier alpha value is -2.24. The molecular formula is C16H26N4O2. The van der Waals surface area contributed by atoms with Crippen molar-refractivity contribution in [3.05, 3.63) is 30.3 Å². The number of carbonyl (C=O) groups is 1. The van der Waals surface area contributed by atoms with Gasteiger partial charge in [0.2, 0.25) is 5.91 Å². The first-order valence-corrected chi connectivity index (χ1v) is 7.65. The number of benzene rings is 1. The first-order chi connectivity index (χ1) is 10.8. The number of guanidine groups is 1. The average Bonchev–Trinajstić information content (AvgIpc) is 2.56. The first-order valence-electron chi connectivity index (χ1n) is 7.65. The van der Waals surface area contributed by atoms with Gasteiger partial charge in [-0.1, -0.05) is 25.1 Å². The quantitative estimate of drug-likeness (QED) is 0.363. The maximum atomic E-state index is 11.5. The van der Waals surface area contributed by atoms with Crippen molar-refractivity contribution >= 4 is 11.9 Å². The Balaban J connectivity index is 2.11. The molecule has 3 N–H and O–H groups in total. The van der Waals surface area contributed by atoms with E-state index in [1.165, 1.54) is 0 Å². The van der Waals surface area contributed by atoms with E-state index in [9.17, 15) is 4.79 Å². The summed E-state index contributed by atoms with van der Waals surface area (Å²) >= 11 is 0. The number of nitrogens with one attached hydrogen (secondary N) is 3. The number of carbonyl (C=O) groups excluding carboxylic acids is 1. The average molecular weight is 306 g/mol. The molecule has 0 aliphatic carbocycles. The largest absolute Gasteiger partial charge is 0.492 e. The molecule has 22 heavy (non-hydrogen) atoms. The van der Waals surface area contributed by atoms with Crippen molar-refractivity contribution in [3.8, 4) is 5.75 Å². The molecule has 0 unspecified atom stereocenters. The highest BCUT2D eigenvalue weighted by Crippen LogP contribution is 2.07. The molecule has 1 amide bonds. The van der Waals surface area contributed by atoms with Crippen molar-refractivity contribution in [1.29, 1.82) is 0 Å². The van der Waals surface area contributed by atoms with Crippen molar-refractivity contribution in [1.82, 2.24) is 16.0 Å². The van der Waals surface area contributed by atoms with Crippen LogP contribution in [-0.2, 0) is 4.79 Å². The normalized spacial score (nSPS) is 10.9. The fourth-order valence-electron chi connectivity index (χ4n) is 1.72. The number of para-hydroxylation sites is 1. The maximum absolute atomic E-state index is 11.5. The fourth-order valence-corrected chi connectivity index (χ4v) is 1.72. The Morgan fingerprint density at radius 3 is 2.50 bits per heavy atom. The van der Waals surface area contributed by atoms with Gasteiger partial charge in [0.15, 0.2) is 5.96 Å². The number of hydrogen-bond acceptors (Lipinski definition) is 3. The SMILES string of the molecule is CCCNC(=O)CCNC(=NC)NCCOc1ccccc1. The minimum Gasteiger partial charge on any atom is -0.492 e. The lowest BCUT2D eigenvalue weighted by molar-refractivity contribution is -0.120. The van der Waals surface area contributed by atoms with Crippen molar-refractivity contribution in [2.45, 2.75) is 19.8 Å². The van der Waals surface area contributed by atoms with Crippen LogP contribution in [0.5, 0.6) is 5.75 Å². The van der Waals surface area contributed by atoms with E-state index >= 15 is 0 Å². The van der Waals surface area contributed by atoms with E-state index in [1.54, 1.807) is 7.05 Å². The third-order valence-corrected chi connectivity index (χ3v) is 2.85. The van der Waals surface area contributed by atoms with E-state index in [0.717, 1.165) is 18.7 Å². The van der Waals surface area contributed by atoms with Crippen LogP contribution in [0.4, 0.5) is 0 Å². The van der Waals surface area contributed by atoms with Crippen LogP contribution in [0.2, 0.25) is 0 Å². The van der Waals surface area contributed by atoms with E-state index in [2.05, 4.69) is 20.9 Å². The van der Waals surface area contributed by atoms with Gasteiger partial charge in [-0.3, -0.25) is 9.79 Å². The molecule has 122 valence electrons. The summed E-state index contributed by atoms with van der Waals surface area (Å²) in [5.74, 6) is 1.57. The molecule has 1 rings (SSSR count). The molecule has 0 atom stereocenters. The number of amides is 1. The molecule has 0 saturated heterocycles. The maximum Gasteiger partial charge on any atom is 0.221 e. The lowest BCUT2D eigenvalue weighted by Crippen LogP contribution is -2.40. The van der Waals surface area contributed by atoms with Gasteiger partial charge in [-0.25, -0.2) is 0 Å². The van der Waals surface area contributed by atoms with E-state index in [1.807, 2.05) is 37.3 Å². The molecule has 0 heterocycles. The second-order valence-corrected chi connectivity index (χ2v) is 4.69. The van der Waals surface area contributed by atoms with E-state index in [4.69, 9.17) is 4.74 Å². The zero-order valence-electron chi connectivity index (χ0n) is 13.4. The van der Waals surface area contributed by atoms with Gasteiger partial charge >= 0.3 is 0 Å². The third kappa shape index (κ3) is 8.14. The number of aliphatic imine (C=N–C) groups is 1. The van der Waals surface area contributed by atoms with Crippen molar-refractivity contribution in [3.63, 3.8) is 0 Å². The van der Waals surface area contributed by atoms with Crippen molar-refractivity contribution < 1.29 is 9.53 Å². The molecule has 6 nitrogen and oxygen atoms in total. The third-order valence-electron chi connectivity index (χ3n) is 2.85. The number of rotatable bonds is 9.